The highest BCUT2D eigenvalue weighted by molar-refractivity contribution is 6.19. The fourth-order valence-electron chi connectivity index (χ4n) is 3.28. The minimum absolute atomic E-state index is 0.0156. The number of Topliss-reactive ketones (excluding diaryl/α,β-unsaturated/α-hetero) is 1. The quantitative estimate of drug-likeness (QED) is 0.416. The summed E-state index contributed by atoms with van der Waals surface area (Å²) >= 11 is 0. The third-order valence-corrected chi connectivity index (χ3v) is 5.29. The van der Waals surface area contributed by atoms with Crippen molar-refractivity contribution in [2.75, 3.05) is 0 Å². The Morgan fingerprint density at radius 2 is 1.83 bits per heavy atom. The summed E-state index contributed by atoms with van der Waals surface area (Å²) in [6, 6.07) is 12.1. The highest BCUT2D eigenvalue weighted by atomic mass is 16.3. The van der Waals surface area contributed by atoms with Crippen molar-refractivity contribution in [2.45, 2.75) is 40.2 Å². The Kier molecular flexibility index (Phi) is 5.84. The van der Waals surface area contributed by atoms with Crippen LogP contribution in [0.15, 0.2) is 57.5 Å². The molecule has 6 nitrogen and oxygen atoms in total. The monoisotopic (exact) mass is 402 g/mol. The molecule has 0 bridgehead atoms. The lowest BCUT2D eigenvalue weighted by Gasteiger charge is -2.31. The number of hydrogen-bond donors (Lipinski definition) is 0. The topological polar surface area (TPSA) is 91.4 Å². The van der Waals surface area contributed by atoms with Crippen molar-refractivity contribution < 1.29 is 18.8 Å². The molecular formula is C24H22N2O4. The number of furan rings is 1. The highest BCUT2D eigenvalue weighted by Crippen LogP contribution is 2.30. The molecule has 1 aliphatic heterocycles. The first-order valence-electron chi connectivity index (χ1n) is 9.70. The second kappa shape index (κ2) is 8.34. The fourth-order valence-corrected chi connectivity index (χ4v) is 3.28. The Labute approximate surface area is 175 Å². The molecule has 2 amide bonds. The van der Waals surface area contributed by atoms with Crippen LogP contribution in [0.5, 0.6) is 0 Å². The third kappa shape index (κ3) is 3.74. The SMILES string of the molecule is CCC(C)N1C(=O)C(C#N)=C(C)/C(=C\c2ccc(-c3ccc(C(C)=O)cc3)o2)C1=O. The zero-order valence-electron chi connectivity index (χ0n) is 17.4. The Hall–Kier alpha value is -3.72. The smallest absolute Gasteiger partial charge is 0.271 e. The summed E-state index contributed by atoms with van der Waals surface area (Å²) in [6.07, 6.45) is 2.15. The van der Waals surface area contributed by atoms with E-state index in [1.54, 1.807) is 56.3 Å². The van der Waals surface area contributed by atoms with Crippen molar-refractivity contribution in [1.82, 2.24) is 4.90 Å². The number of benzene rings is 1. The maximum Gasteiger partial charge on any atom is 0.271 e. The molecule has 0 saturated heterocycles. The molecular weight excluding hydrogens is 380 g/mol. The Morgan fingerprint density at radius 3 is 2.40 bits per heavy atom. The number of carbonyl (C=O) groups is 3. The van der Waals surface area contributed by atoms with Gasteiger partial charge in [-0.3, -0.25) is 19.3 Å². The van der Waals surface area contributed by atoms with Crippen LogP contribution in [0.3, 0.4) is 0 Å². The normalized spacial score (nSPS) is 16.8. The summed E-state index contributed by atoms with van der Waals surface area (Å²) in [5, 5.41) is 9.45. The number of hydrogen-bond acceptors (Lipinski definition) is 5. The van der Waals surface area contributed by atoms with E-state index in [0.29, 0.717) is 29.1 Å². The average molecular weight is 402 g/mol. The lowest BCUT2D eigenvalue weighted by atomic mass is 9.93. The maximum absolute atomic E-state index is 13.0. The van der Waals surface area contributed by atoms with E-state index in [1.807, 2.05) is 13.0 Å². The van der Waals surface area contributed by atoms with E-state index in [-0.39, 0.29) is 23.0 Å². The molecule has 0 saturated carbocycles. The van der Waals surface area contributed by atoms with E-state index in [9.17, 15) is 19.6 Å². The molecule has 152 valence electrons. The number of nitriles is 1. The number of carbonyl (C=O) groups excluding carboxylic acids is 3. The molecule has 1 atom stereocenters. The van der Waals surface area contributed by atoms with Gasteiger partial charge in [-0.05, 0) is 51.0 Å². The van der Waals surface area contributed by atoms with Crippen LogP contribution in [0.25, 0.3) is 17.4 Å². The molecule has 3 rings (SSSR count). The molecule has 2 aromatic rings. The molecule has 0 spiro atoms. The van der Waals surface area contributed by atoms with Crippen LogP contribution in [0.4, 0.5) is 0 Å². The van der Waals surface area contributed by atoms with E-state index in [2.05, 4.69) is 0 Å². The third-order valence-electron chi connectivity index (χ3n) is 5.29. The van der Waals surface area contributed by atoms with Gasteiger partial charge in [0, 0.05) is 22.7 Å². The zero-order valence-corrected chi connectivity index (χ0v) is 17.4. The van der Waals surface area contributed by atoms with Crippen LogP contribution in [0.1, 0.15) is 50.2 Å². The summed E-state index contributed by atoms with van der Waals surface area (Å²) in [7, 11) is 0. The van der Waals surface area contributed by atoms with E-state index in [4.69, 9.17) is 4.42 Å². The molecule has 0 aliphatic carbocycles. The van der Waals surface area contributed by atoms with Crippen LogP contribution < -0.4 is 0 Å². The number of ketones is 1. The van der Waals surface area contributed by atoms with Gasteiger partial charge >= 0.3 is 0 Å². The minimum atomic E-state index is -0.558. The summed E-state index contributed by atoms with van der Waals surface area (Å²) in [5.41, 5.74) is 1.98. The van der Waals surface area contributed by atoms with E-state index < -0.39 is 11.8 Å². The zero-order chi connectivity index (χ0) is 22.0. The lowest BCUT2D eigenvalue weighted by Crippen LogP contribution is -2.47. The van der Waals surface area contributed by atoms with Gasteiger partial charge in [-0.1, -0.05) is 31.2 Å². The van der Waals surface area contributed by atoms with Crippen molar-refractivity contribution in [1.29, 1.82) is 5.26 Å². The molecule has 2 heterocycles. The van der Waals surface area contributed by atoms with Gasteiger partial charge < -0.3 is 4.42 Å². The number of rotatable bonds is 5. The van der Waals surface area contributed by atoms with Gasteiger partial charge in [0.25, 0.3) is 11.8 Å². The van der Waals surface area contributed by atoms with Gasteiger partial charge in [0.05, 0.1) is 0 Å². The molecule has 6 heteroatoms. The van der Waals surface area contributed by atoms with Crippen LogP contribution in [0.2, 0.25) is 0 Å². The second-order valence-electron chi connectivity index (χ2n) is 7.24. The first-order valence-corrected chi connectivity index (χ1v) is 9.70. The first-order chi connectivity index (χ1) is 14.3. The van der Waals surface area contributed by atoms with E-state index in [0.717, 1.165) is 10.5 Å². The van der Waals surface area contributed by atoms with Gasteiger partial charge in [0.1, 0.15) is 23.2 Å². The summed E-state index contributed by atoms with van der Waals surface area (Å²) in [5.74, 6) is 0.00120. The highest BCUT2D eigenvalue weighted by Gasteiger charge is 2.37. The van der Waals surface area contributed by atoms with Crippen molar-refractivity contribution in [2.24, 2.45) is 0 Å². The molecule has 0 radical (unpaired) electrons. The lowest BCUT2D eigenvalue weighted by molar-refractivity contribution is -0.142. The van der Waals surface area contributed by atoms with Gasteiger partial charge in [-0.25, -0.2) is 0 Å². The molecule has 1 aromatic carbocycles. The Balaban J connectivity index is 2.00. The summed E-state index contributed by atoms with van der Waals surface area (Å²) < 4.78 is 5.86. The Morgan fingerprint density at radius 1 is 1.17 bits per heavy atom. The molecule has 1 aromatic heterocycles. The minimum Gasteiger partial charge on any atom is -0.457 e. The van der Waals surface area contributed by atoms with Crippen LogP contribution >= 0.6 is 0 Å². The van der Waals surface area contributed by atoms with Gasteiger partial charge in [-0.15, -0.1) is 0 Å². The van der Waals surface area contributed by atoms with Crippen molar-refractivity contribution in [3.05, 3.63) is 64.4 Å². The maximum atomic E-state index is 13.0. The Bertz CT molecular complexity index is 1130. The molecule has 1 unspecified atom stereocenters. The molecule has 0 fully saturated rings. The predicted molar refractivity (Wildman–Crippen MR) is 112 cm³/mol. The van der Waals surface area contributed by atoms with Gasteiger partial charge in [-0.2, -0.15) is 5.26 Å². The van der Waals surface area contributed by atoms with Crippen LogP contribution in [0, 0.1) is 11.3 Å². The van der Waals surface area contributed by atoms with Crippen LogP contribution in [-0.2, 0) is 9.59 Å². The standard InChI is InChI=1S/C24H22N2O4/c1-5-14(2)26-23(28)20(15(3)21(13-25)24(26)29)12-19-10-11-22(30-19)18-8-6-17(7-9-18)16(4)27/h6-12,14H,5H2,1-4H3/b20-12+. The van der Waals surface area contributed by atoms with Crippen molar-refractivity contribution in [3.8, 4) is 17.4 Å². The van der Waals surface area contributed by atoms with Gasteiger partial charge in [0.15, 0.2) is 5.78 Å². The van der Waals surface area contributed by atoms with Crippen molar-refractivity contribution in [3.63, 3.8) is 0 Å². The molecule has 1 aliphatic rings. The van der Waals surface area contributed by atoms with Crippen molar-refractivity contribution >= 4 is 23.7 Å². The van der Waals surface area contributed by atoms with Gasteiger partial charge in [0.2, 0.25) is 0 Å². The second-order valence-corrected chi connectivity index (χ2v) is 7.24. The van der Waals surface area contributed by atoms with E-state index in [1.165, 1.54) is 6.92 Å². The first kappa shape index (κ1) is 21.0. The van der Waals surface area contributed by atoms with Crippen LogP contribution in [-0.4, -0.2) is 28.5 Å². The number of imide groups is 1. The average Bonchev–Trinajstić information content (AvgIpc) is 3.20. The predicted octanol–water partition coefficient (Wildman–Crippen LogP) is 4.54. The van der Waals surface area contributed by atoms with E-state index >= 15 is 0 Å². The fraction of sp³-hybridized carbons (Fsp3) is 0.250. The number of amides is 2. The summed E-state index contributed by atoms with van der Waals surface area (Å²) in [4.78, 5) is 38.2. The summed E-state index contributed by atoms with van der Waals surface area (Å²) in [6.45, 7) is 6.76. The molecule has 0 N–H and O–H groups in total. The number of nitrogens with zero attached hydrogens (tertiary/aromatic N) is 2. The largest absolute Gasteiger partial charge is 0.457 e. The molecule has 30 heavy (non-hydrogen) atoms.